The first-order valence-corrected chi connectivity index (χ1v) is 11.7. The van der Waals surface area contributed by atoms with E-state index in [0.717, 1.165) is 11.1 Å². The molecule has 0 bridgehead atoms. The van der Waals surface area contributed by atoms with Gasteiger partial charge in [-0.3, -0.25) is 0 Å². The summed E-state index contributed by atoms with van der Waals surface area (Å²) in [6.07, 6.45) is 0.421. The molecule has 2 fully saturated rings. The molecule has 2 heterocycles. The van der Waals surface area contributed by atoms with Gasteiger partial charge in [0, 0.05) is 24.4 Å². The highest BCUT2D eigenvalue weighted by molar-refractivity contribution is 5.14. The Labute approximate surface area is 191 Å². The Bertz CT molecular complexity index is 840. The van der Waals surface area contributed by atoms with Crippen LogP contribution in [0, 0.1) is 11.3 Å². The molecular weight excluding hydrogens is 404 g/mol. The van der Waals surface area contributed by atoms with Gasteiger partial charge in [-0.15, -0.1) is 0 Å². The van der Waals surface area contributed by atoms with Crippen LogP contribution in [-0.4, -0.2) is 42.4 Å². The van der Waals surface area contributed by atoms with Gasteiger partial charge in [0.2, 0.25) is 0 Å². The molecule has 0 radical (unpaired) electrons. The molecule has 2 aliphatic heterocycles. The van der Waals surface area contributed by atoms with Gasteiger partial charge in [-0.2, -0.15) is 0 Å². The molecule has 2 aliphatic rings. The van der Waals surface area contributed by atoms with E-state index in [1.54, 1.807) is 0 Å². The predicted octanol–water partition coefficient (Wildman–Crippen LogP) is 4.72. The predicted molar refractivity (Wildman–Crippen MR) is 123 cm³/mol. The van der Waals surface area contributed by atoms with Crippen LogP contribution < -0.4 is 0 Å². The summed E-state index contributed by atoms with van der Waals surface area (Å²) in [5.74, 6) is -0.839. The van der Waals surface area contributed by atoms with E-state index in [1.807, 2.05) is 43.3 Å². The van der Waals surface area contributed by atoms with Gasteiger partial charge in [0.1, 0.15) is 0 Å². The van der Waals surface area contributed by atoms with Gasteiger partial charge < -0.3 is 24.1 Å². The molecule has 0 saturated carbocycles. The van der Waals surface area contributed by atoms with Crippen LogP contribution in [-0.2, 0) is 32.2 Å². The number of aliphatic hydroxyl groups excluding tert-OH is 1. The van der Waals surface area contributed by atoms with E-state index < -0.39 is 17.3 Å². The molecule has 4 rings (SSSR count). The lowest BCUT2D eigenvalue weighted by Gasteiger charge is -2.50. The third-order valence-corrected chi connectivity index (χ3v) is 7.22. The van der Waals surface area contributed by atoms with Gasteiger partial charge in [-0.25, -0.2) is 0 Å². The van der Waals surface area contributed by atoms with Crippen LogP contribution >= 0.6 is 0 Å². The van der Waals surface area contributed by atoms with Crippen LogP contribution in [0.1, 0.15) is 44.7 Å². The van der Waals surface area contributed by atoms with Crippen LogP contribution in [0.25, 0.3) is 0 Å². The van der Waals surface area contributed by atoms with Crippen LogP contribution in [0.5, 0.6) is 0 Å². The fraction of sp³-hybridized carbons (Fsp3) is 0.556. The summed E-state index contributed by atoms with van der Waals surface area (Å²) in [4.78, 5) is 0. The van der Waals surface area contributed by atoms with Crippen molar-refractivity contribution in [2.75, 3.05) is 13.2 Å². The lowest BCUT2D eigenvalue weighted by atomic mass is 9.73. The standard InChI is InChI=1S/C27H36O5/c1-20-23(28)16-27(32-24(20)14-15-29-17-21-10-6-4-7-11-21)26(2,3)25(19-31-27)30-18-22-12-8-5-9-13-22/h4-13,20,23-25,28H,14-19H2,1-3H3/t20-,23+,24-,25-,27-/m0/s1. The summed E-state index contributed by atoms with van der Waals surface area (Å²) < 4.78 is 25.1. The molecule has 0 unspecified atom stereocenters. The third-order valence-electron chi connectivity index (χ3n) is 7.22. The van der Waals surface area contributed by atoms with Crippen molar-refractivity contribution in [3.05, 3.63) is 71.8 Å². The van der Waals surface area contributed by atoms with Crippen molar-refractivity contribution in [2.45, 2.75) is 70.9 Å². The van der Waals surface area contributed by atoms with E-state index in [4.69, 9.17) is 18.9 Å². The zero-order valence-electron chi connectivity index (χ0n) is 19.4. The zero-order chi connectivity index (χ0) is 22.6. The summed E-state index contributed by atoms with van der Waals surface area (Å²) in [5, 5.41) is 10.9. The van der Waals surface area contributed by atoms with E-state index in [0.29, 0.717) is 39.3 Å². The smallest absolute Gasteiger partial charge is 0.178 e. The summed E-state index contributed by atoms with van der Waals surface area (Å²) in [6.45, 7) is 8.43. The van der Waals surface area contributed by atoms with Gasteiger partial charge in [-0.1, -0.05) is 81.4 Å². The molecule has 174 valence electrons. The van der Waals surface area contributed by atoms with Crippen LogP contribution in [0.15, 0.2) is 60.7 Å². The average Bonchev–Trinajstić information content (AvgIpc) is 3.03. The maximum absolute atomic E-state index is 10.9. The number of aliphatic hydroxyl groups is 1. The van der Waals surface area contributed by atoms with E-state index in [-0.39, 0.29) is 18.1 Å². The number of benzene rings is 2. The quantitative estimate of drug-likeness (QED) is 0.602. The Morgan fingerprint density at radius 2 is 1.59 bits per heavy atom. The minimum absolute atomic E-state index is 0.0182. The van der Waals surface area contributed by atoms with Crippen LogP contribution in [0.2, 0.25) is 0 Å². The maximum Gasteiger partial charge on any atom is 0.178 e. The second-order valence-corrected chi connectivity index (χ2v) is 9.68. The van der Waals surface area contributed by atoms with E-state index in [1.165, 1.54) is 0 Å². The normalized spacial score (nSPS) is 31.8. The Kier molecular flexibility index (Phi) is 7.33. The summed E-state index contributed by atoms with van der Waals surface area (Å²) in [6, 6.07) is 20.3. The molecule has 0 amide bonds. The molecule has 2 aromatic carbocycles. The lowest BCUT2D eigenvalue weighted by Crippen LogP contribution is -2.58. The van der Waals surface area contributed by atoms with Gasteiger partial charge in [0.05, 0.1) is 38.1 Å². The van der Waals surface area contributed by atoms with Crippen LogP contribution in [0.4, 0.5) is 0 Å². The molecule has 32 heavy (non-hydrogen) atoms. The van der Waals surface area contributed by atoms with Gasteiger partial charge in [-0.05, 0) is 17.5 Å². The molecule has 5 nitrogen and oxygen atoms in total. The molecule has 1 spiro atoms. The van der Waals surface area contributed by atoms with Crippen molar-refractivity contribution >= 4 is 0 Å². The number of hydrogen-bond donors (Lipinski definition) is 1. The van der Waals surface area contributed by atoms with Gasteiger partial charge in [0.25, 0.3) is 0 Å². The monoisotopic (exact) mass is 440 g/mol. The van der Waals surface area contributed by atoms with Crippen molar-refractivity contribution < 1.29 is 24.1 Å². The molecule has 0 aliphatic carbocycles. The second kappa shape index (κ2) is 10.0. The first kappa shape index (κ1) is 23.4. The average molecular weight is 441 g/mol. The molecule has 0 aromatic heterocycles. The van der Waals surface area contributed by atoms with Gasteiger partial charge in [0.15, 0.2) is 5.79 Å². The topological polar surface area (TPSA) is 57.2 Å². The van der Waals surface area contributed by atoms with Crippen molar-refractivity contribution in [3.63, 3.8) is 0 Å². The Morgan fingerprint density at radius 3 is 2.25 bits per heavy atom. The highest BCUT2D eigenvalue weighted by Gasteiger charge is 2.62. The van der Waals surface area contributed by atoms with Gasteiger partial charge >= 0.3 is 0 Å². The second-order valence-electron chi connectivity index (χ2n) is 9.68. The van der Waals surface area contributed by atoms with Crippen molar-refractivity contribution in [3.8, 4) is 0 Å². The lowest BCUT2D eigenvalue weighted by molar-refractivity contribution is -0.326. The Morgan fingerprint density at radius 1 is 0.969 bits per heavy atom. The first-order chi connectivity index (χ1) is 15.4. The summed E-state index contributed by atoms with van der Waals surface area (Å²) in [5.41, 5.74) is 1.89. The minimum atomic E-state index is -0.857. The Hall–Kier alpha value is -1.76. The summed E-state index contributed by atoms with van der Waals surface area (Å²) in [7, 11) is 0. The number of ether oxygens (including phenoxy) is 4. The number of hydrogen-bond acceptors (Lipinski definition) is 5. The van der Waals surface area contributed by atoms with Crippen molar-refractivity contribution in [2.24, 2.45) is 11.3 Å². The highest BCUT2D eigenvalue weighted by atomic mass is 16.7. The Balaban J connectivity index is 1.36. The molecule has 5 heteroatoms. The molecule has 2 aromatic rings. The molecule has 5 atom stereocenters. The van der Waals surface area contributed by atoms with Crippen molar-refractivity contribution in [1.29, 1.82) is 0 Å². The zero-order valence-corrected chi connectivity index (χ0v) is 19.4. The van der Waals surface area contributed by atoms with Crippen LogP contribution in [0.3, 0.4) is 0 Å². The first-order valence-electron chi connectivity index (χ1n) is 11.7. The largest absolute Gasteiger partial charge is 0.393 e. The SMILES string of the molecule is C[C@H]1[C@H](O)C[C@]2(OC[C@H](OCc3ccccc3)C2(C)C)O[C@H]1CCOCc1ccccc1. The van der Waals surface area contributed by atoms with E-state index >= 15 is 0 Å². The van der Waals surface area contributed by atoms with E-state index in [2.05, 4.69) is 38.1 Å². The third kappa shape index (κ3) is 4.92. The molecule has 1 N–H and O–H groups in total. The minimum Gasteiger partial charge on any atom is -0.393 e. The fourth-order valence-corrected chi connectivity index (χ4v) is 4.78. The van der Waals surface area contributed by atoms with E-state index in [9.17, 15) is 5.11 Å². The molecule has 2 saturated heterocycles. The fourth-order valence-electron chi connectivity index (χ4n) is 4.78. The summed E-state index contributed by atoms with van der Waals surface area (Å²) >= 11 is 0. The maximum atomic E-state index is 10.9. The number of rotatable bonds is 8. The molecular formula is C27H36O5. The highest BCUT2D eigenvalue weighted by Crippen LogP contribution is 2.52. The van der Waals surface area contributed by atoms with Crippen molar-refractivity contribution in [1.82, 2.24) is 0 Å².